The second kappa shape index (κ2) is 6.12. The maximum atomic E-state index is 11.3. The van der Waals surface area contributed by atoms with E-state index in [2.05, 4.69) is 33.5 Å². The highest BCUT2D eigenvalue weighted by Gasteiger charge is 2.20. The summed E-state index contributed by atoms with van der Waals surface area (Å²) < 4.78 is 4.66. The molecule has 1 aromatic heterocycles. The number of carbonyl (C=O) groups is 1. The molecule has 1 unspecified atom stereocenters. The first-order chi connectivity index (χ1) is 9.10. The number of piperazine rings is 1. The Morgan fingerprint density at radius 2 is 2.26 bits per heavy atom. The molecule has 1 atom stereocenters. The first-order valence-corrected chi connectivity index (χ1v) is 6.56. The van der Waals surface area contributed by atoms with E-state index >= 15 is 0 Å². The molecule has 1 fully saturated rings. The van der Waals surface area contributed by atoms with E-state index in [0.717, 1.165) is 31.9 Å². The van der Waals surface area contributed by atoms with Crippen molar-refractivity contribution in [2.24, 2.45) is 0 Å². The summed E-state index contributed by atoms with van der Waals surface area (Å²) in [5.41, 5.74) is 1.49. The fourth-order valence-electron chi connectivity index (χ4n) is 2.25. The Kier molecular flexibility index (Phi) is 4.50. The zero-order chi connectivity index (χ0) is 13.8. The standard InChI is InChI=1S/C14H21N3O2/c1-11-9-17(7-6-16(11)2)10-13-5-4-12(8-15-13)14(18)19-3/h4-5,8,11H,6-7,9-10H2,1-3H3. The minimum absolute atomic E-state index is 0.340. The van der Waals surface area contributed by atoms with Gasteiger partial charge in [-0.2, -0.15) is 0 Å². The minimum Gasteiger partial charge on any atom is -0.465 e. The van der Waals surface area contributed by atoms with Crippen molar-refractivity contribution in [2.45, 2.75) is 19.5 Å². The van der Waals surface area contributed by atoms with E-state index in [4.69, 9.17) is 0 Å². The van der Waals surface area contributed by atoms with Crippen LogP contribution in [0.3, 0.4) is 0 Å². The van der Waals surface area contributed by atoms with E-state index in [1.807, 2.05) is 6.07 Å². The van der Waals surface area contributed by atoms with Crippen LogP contribution in [-0.4, -0.2) is 60.6 Å². The number of hydrogen-bond donors (Lipinski definition) is 0. The van der Waals surface area contributed by atoms with Gasteiger partial charge >= 0.3 is 5.97 Å². The fraction of sp³-hybridized carbons (Fsp3) is 0.571. The summed E-state index contributed by atoms with van der Waals surface area (Å²) in [5.74, 6) is -0.340. The van der Waals surface area contributed by atoms with Gasteiger partial charge < -0.3 is 9.64 Å². The SMILES string of the molecule is COC(=O)c1ccc(CN2CCN(C)C(C)C2)nc1. The molecule has 5 heteroatoms. The molecule has 0 amide bonds. The number of carbonyl (C=O) groups excluding carboxylic acids is 1. The van der Waals surface area contributed by atoms with Crippen molar-refractivity contribution in [1.82, 2.24) is 14.8 Å². The highest BCUT2D eigenvalue weighted by molar-refractivity contribution is 5.88. The number of aromatic nitrogens is 1. The third kappa shape index (κ3) is 3.52. The van der Waals surface area contributed by atoms with Crippen LogP contribution in [0.5, 0.6) is 0 Å². The largest absolute Gasteiger partial charge is 0.465 e. The molecule has 104 valence electrons. The number of esters is 1. The molecule has 2 heterocycles. The van der Waals surface area contributed by atoms with Crippen LogP contribution in [0.4, 0.5) is 0 Å². The monoisotopic (exact) mass is 263 g/mol. The lowest BCUT2D eigenvalue weighted by molar-refractivity contribution is 0.0600. The average Bonchev–Trinajstić information content (AvgIpc) is 2.43. The highest BCUT2D eigenvalue weighted by atomic mass is 16.5. The molecular formula is C14H21N3O2. The topological polar surface area (TPSA) is 45.7 Å². The number of rotatable bonds is 3. The van der Waals surface area contributed by atoms with E-state index in [1.54, 1.807) is 12.3 Å². The van der Waals surface area contributed by atoms with Crippen molar-refractivity contribution >= 4 is 5.97 Å². The van der Waals surface area contributed by atoms with Gasteiger partial charge in [0.15, 0.2) is 0 Å². The van der Waals surface area contributed by atoms with E-state index in [-0.39, 0.29) is 5.97 Å². The molecule has 1 aliphatic rings. The molecule has 0 N–H and O–H groups in total. The van der Waals surface area contributed by atoms with Crippen LogP contribution < -0.4 is 0 Å². The van der Waals surface area contributed by atoms with Gasteiger partial charge in [-0.25, -0.2) is 4.79 Å². The maximum Gasteiger partial charge on any atom is 0.339 e. The van der Waals surface area contributed by atoms with Crippen LogP contribution >= 0.6 is 0 Å². The summed E-state index contributed by atoms with van der Waals surface area (Å²) >= 11 is 0. The molecule has 0 aliphatic carbocycles. The summed E-state index contributed by atoms with van der Waals surface area (Å²) in [6.07, 6.45) is 1.58. The number of methoxy groups -OCH3 is 1. The second-order valence-electron chi connectivity index (χ2n) is 5.09. The summed E-state index contributed by atoms with van der Waals surface area (Å²) in [4.78, 5) is 20.4. The molecule has 1 saturated heterocycles. The summed E-state index contributed by atoms with van der Waals surface area (Å²) in [5, 5.41) is 0. The molecule has 5 nitrogen and oxygen atoms in total. The van der Waals surface area contributed by atoms with E-state index < -0.39 is 0 Å². The predicted octanol–water partition coefficient (Wildman–Crippen LogP) is 1.00. The van der Waals surface area contributed by atoms with Gasteiger partial charge in [0.1, 0.15) is 0 Å². The number of likely N-dealkylation sites (N-methyl/N-ethyl adjacent to an activating group) is 1. The molecule has 0 saturated carbocycles. The molecule has 19 heavy (non-hydrogen) atoms. The van der Waals surface area contributed by atoms with Crippen molar-refractivity contribution in [2.75, 3.05) is 33.8 Å². The van der Waals surface area contributed by atoms with Crippen LogP contribution in [0.1, 0.15) is 23.0 Å². The summed E-state index contributed by atoms with van der Waals surface area (Å²) in [7, 11) is 3.53. The van der Waals surface area contributed by atoms with Crippen LogP contribution in [0, 0.1) is 0 Å². The lowest BCUT2D eigenvalue weighted by Gasteiger charge is -2.37. The van der Waals surface area contributed by atoms with Crippen molar-refractivity contribution < 1.29 is 9.53 Å². The number of pyridine rings is 1. The Bertz CT molecular complexity index is 433. The zero-order valence-electron chi connectivity index (χ0n) is 11.8. The fourth-order valence-corrected chi connectivity index (χ4v) is 2.25. The van der Waals surface area contributed by atoms with Crippen molar-refractivity contribution in [3.63, 3.8) is 0 Å². The Hall–Kier alpha value is -1.46. The van der Waals surface area contributed by atoms with Gasteiger partial charge in [0.25, 0.3) is 0 Å². The van der Waals surface area contributed by atoms with Gasteiger partial charge in [-0.15, -0.1) is 0 Å². The lowest BCUT2D eigenvalue weighted by Crippen LogP contribution is -2.49. The molecule has 0 spiro atoms. The van der Waals surface area contributed by atoms with Gasteiger partial charge in [0.2, 0.25) is 0 Å². The molecule has 0 aromatic carbocycles. The van der Waals surface area contributed by atoms with Gasteiger partial charge in [-0.05, 0) is 26.1 Å². The molecule has 0 radical (unpaired) electrons. The summed E-state index contributed by atoms with van der Waals surface area (Å²) in [6, 6.07) is 4.24. The van der Waals surface area contributed by atoms with Crippen LogP contribution in [-0.2, 0) is 11.3 Å². The van der Waals surface area contributed by atoms with Crippen LogP contribution in [0.2, 0.25) is 0 Å². The van der Waals surface area contributed by atoms with E-state index in [9.17, 15) is 4.79 Å². The zero-order valence-corrected chi connectivity index (χ0v) is 11.8. The van der Waals surface area contributed by atoms with Crippen molar-refractivity contribution in [1.29, 1.82) is 0 Å². The Labute approximate surface area is 114 Å². The molecule has 2 rings (SSSR count). The maximum absolute atomic E-state index is 11.3. The van der Waals surface area contributed by atoms with Gasteiger partial charge in [-0.1, -0.05) is 0 Å². The quantitative estimate of drug-likeness (QED) is 0.761. The lowest BCUT2D eigenvalue weighted by atomic mass is 10.2. The van der Waals surface area contributed by atoms with Crippen molar-refractivity contribution in [3.8, 4) is 0 Å². The Balaban J connectivity index is 1.94. The first kappa shape index (κ1) is 14.0. The Morgan fingerprint density at radius 1 is 1.47 bits per heavy atom. The third-order valence-corrected chi connectivity index (χ3v) is 3.68. The van der Waals surface area contributed by atoms with E-state index in [0.29, 0.717) is 11.6 Å². The third-order valence-electron chi connectivity index (χ3n) is 3.68. The highest BCUT2D eigenvalue weighted by Crippen LogP contribution is 2.11. The molecular weight excluding hydrogens is 242 g/mol. The Morgan fingerprint density at radius 3 is 2.84 bits per heavy atom. The van der Waals surface area contributed by atoms with Gasteiger partial charge in [0.05, 0.1) is 18.4 Å². The number of ether oxygens (including phenoxy) is 1. The molecule has 1 aromatic rings. The average molecular weight is 263 g/mol. The molecule has 1 aliphatic heterocycles. The second-order valence-corrected chi connectivity index (χ2v) is 5.09. The predicted molar refractivity (Wildman–Crippen MR) is 72.9 cm³/mol. The first-order valence-electron chi connectivity index (χ1n) is 6.56. The van der Waals surface area contributed by atoms with Crippen LogP contribution in [0.25, 0.3) is 0 Å². The smallest absolute Gasteiger partial charge is 0.339 e. The molecule has 0 bridgehead atoms. The van der Waals surface area contributed by atoms with Gasteiger partial charge in [0, 0.05) is 38.4 Å². The van der Waals surface area contributed by atoms with Crippen molar-refractivity contribution in [3.05, 3.63) is 29.6 Å². The normalized spacial score (nSPS) is 21.3. The number of hydrogen-bond acceptors (Lipinski definition) is 5. The van der Waals surface area contributed by atoms with Crippen LogP contribution in [0.15, 0.2) is 18.3 Å². The number of nitrogens with zero attached hydrogens (tertiary/aromatic N) is 3. The minimum atomic E-state index is -0.340. The summed E-state index contributed by atoms with van der Waals surface area (Å²) in [6.45, 7) is 6.26. The van der Waals surface area contributed by atoms with E-state index in [1.165, 1.54) is 7.11 Å². The van der Waals surface area contributed by atoms with Gasteiger partial charge in [-0.3, -0.25) is 9.88 Å².